The van der Waals surface area contributed by atoms with Gasteiger partial charge in [0, 0.05) is 18.0 Å². The summed E-state index contributed by atoms with van der Waals surface area (Å²) in [5.41, 5.74) is 5.95. The first-order valence-corrected chi connectivity index (χ1v) is 7.31. The summed E-state index contributed by atoms with van der Waals surface area (Å²) in [5, 5.41) is 11.2. The van der Waals surface area contributed by atoms with Gasteiger partial charge in [-0.3, -0.25) is 4.79 Å². The Morgan fingerprint density at radius 1 is 1.63 bits per heavy atom. The number of hydrogen-bond donors (Lipinski definition) is 2. The van der Waals surface area contributed by atoms with Gasteiger partial charge in [0.15, 0.2) is 5.13 Å². The number of aliphatic hydroxyl groups is 1. The highest BCUT2D eigenvalue weighted by Gasteiger charge is 2.28. The standard InChI is InChI=1S/C12H20N4O2S/c1-15-4-2-9(3-5-15)16(6-7-17)11(18)10-8-19-12(13)14-10/h8-9,17H,2-7H2,1H3,(H2,13,14). The predicted octanol–water partition coefficient (Wildman–Crippen LogP) is 0.254. The van der Waals surface area contributed by atoms with Gasteiger partial charge in [-0.25, -0.2) is 4.98 Å². The largest absolute Gasteiger partial charge is 0.395 e. The van der Waals surface area contributed by atoms with Crippen molar-refractivity contribution in [2.45, 2.75) is 18.9 Å². The molecule has 1 saturated heterocycles. The van der Waals surface area contributed by atoms with Crippen LogP contribution in [-0.4, -0.2) is 65.1 Å². The Bertz CT molecular complexity index is 429. The van der Waals surface area contributed by atoms with E-state index in [1.807, 2.05) is 0 Å². The lowest BCUT2D eigenvalue weighted by Gasteiger charge is -2.36. The minimum Gasteiger partial charge on any atom is -0.395 e. The van der Waals surface area contributed by atoms with E-state index in [0.29, 0.717) is 17.4 Å². The Morgan fingerprint density at radius 3 is 2.84 bits per heavy atom. The van der Waals surface area contributed by atoms with E-state index < -0.39 is 0 Å². The number of thiazole rings is 1. The molecule has 1 aliphatic heterocycles. The SMILES string of the molecule is CN1CCC(N(CCO)C(=O)c2csc(N)n2)CC1. The molecule has 1 fully saturated rings. The van der Waals surface area contributed by atoms with Crippen LogP contribution in [0.4, 0.5) is 5.13 Å². The minimum atomic E-state index is -0.128. The summed E-state index contributed by atoms with van der Waals surface area (Å²) in [6.45, 7) is 2.26. The highest BCUT2D eigenvalue weighted by atomic mass is 32.1. The van der Waals surface area contributed by atoms with Crippen molar-refractivity contribution >= 4 is 22.4 Å². The maximum Gasteiger partial charge on any atom is 0.273 e. The smallest absolute Gasteiger partial charge is 0.273 e. The number of rotatable bonds is 4. The van der Waals surface area contributed by atoms with Crippen LogP contribution in [0, 0.1) is 0 Å². The number of piperidine rings is 1. The molecule has 0 unspecified atom stereocenters. The number of anilines is 1. The number of amides is 1. The number of nitrogens with zero attached hydrogens (tertiary/aromatic N) is 3. The van der Waals surface area contributed by atoms with E-state index in [0.717, 1.165) is 25.9 Å². The van der Waals surface area contributed by atoms with Crippen molar-refractivity contribution in [3.63, 3.8) is 0 Å². The molecule has 2 heterocycles. The number of likely N-dealkylation sites (tertiary alicyclic amines) is 1. The van der Waals surface area contributed by atoms with Crippen molar-refractivity contribution in [3.8, 4) is 0 Å². The number of aliphatic hydroxyl groups excluding tert-OH is 1. The number of nitrogens with two attached hydrogens (primary N) is 1. The van der Waals surface area contributed by atoms with E-state index in [4.69, 9.17) is 5.73 Å². The van der Waals surface area contributed by atoms with Gasteiger partial charge in [-0.2, -0.15) is 0 Å². The summed E-state index contributed by atoms with van der Waals surface area (Å²) >= 11 is 1.26. The second-order valence-electron chi connectivity index (χ2n) is 4.83. The number of hydrogen-bond acceptors (Lipinski definition) is 6. The maximum absolute atomic E-state index is 12.4. The van der Waals surface area contributed by atoms with Crippen LogP contribution in [0.3, 0.4) is 0 Å². The van der Waals surface area contributed by atoms with Crippen LogP contribution < -0.4 is 5.73 Å². The molecule has 3 N–H and O–H groups in total. The van der Waals surface area contributed by atoms with E-state index in [9.17, 15) is 9.90 Å². The van der Waals surface area contributed by atoms with Gasteiger partial charge in [0.05, 0.1) is 6.61 Å². The van der Waals surface area contributed by atoms with E-state index in [2.05, 4.69) is 16.9 Å². The topological polar surface area (TPSA) is 82.7 Å². The Morgan fingerprint density at radius 2 is 2.32 bits per heavy atom. The molecule has 6 nitrogen and oxygen atoms in total. The Labute approximate surface area is 116 Å². The van der Waals surface area contributed by atoms with Gasteiger partial charge < -0.3 is 20.6 Å². The van der Waals surface area contributed by atoms with Crippen LogP contribution in [0.25, 0.3) is 0 Å². The molecule has 2 rings (SSSR count). The highest BCUT2D eigenvalue weighted by molar-refractivity contribution is 7.13. The molecule has 0 saturated carbocycles. The quantitative estimate of drug-likeness (QED) is 0.828. The van der Waals surface area contributed by atoms with Gasteiger partial charge in [-0.05, 0) is 33.0 Å². The monoisotopic (exact) mass is 284 g/mol. The molecule has 7 heteroatoms. The van der Waals surface area contributed by atoms with Gasteiger partial charge in [-0.15, -0.1) is 11.3 Å². The summed E-state index contributed by atoms with van der Waals surface area (Å²) in [7, 11) is 2.08. The summed E-state index contributed by atoms with van der Waals surface area (Å²) < 4.78 is 0. The maximum atomic E-state index is 12.4. The fraction of sp³-hybridized carbons (Fsp3) is 0.667. The number of carbonyl (C=O) groups excluding carboxylic acids is 1. The zero-order valence-corrected chi connectivity index (χ0v) is 11.9. The van der Waals surface area contributed by atoms with Gasteiger partial charge in [0.1, 0.15) is 5.69 Å². The third-order valence-electron chi connectivity index (χ3n) is 3.47. The fourth-order valence-corrected chi connectivity index (χ4v) is 2.93. The molecule has 19 heavy (non-hydrogen) atoms. The molecule has 1 amide bonds. The fourth-order valence-electron chi connectivity index (χ4n) is 2.40. The number of aromatic nitrogens is 1. The van der Waals surface area contributed by atoms with E-state index >= 15 is 0 Å². The molecule has 0 aliphatic carbocycles. The van der Waals surface area contributed by atoms with Crippen LogP contribution in [-0.2, 0) is 0 Å². The normalized spacial score (nSPS) is 17.6. The summed E-state index contributed by atoms with van der Waals surface area (Å²) in [5.74, 6) is -0.128. The van der Waals surface area contributed by atoms with Crippen LogP contribution in [0.5, 0.6) is 0 Å². The summed E-state index contributed by atoms with van der Waals surface area (Å²) in [4.78, 5) is 20.4. The first-order chi connectivity index (χ1) is 9.11. The van der Waals surface area contributed by atoms with Crippen molar-refractivity contribution < 1.29 is 9.90 Å². The predicted molar refractivity (Wildman–Crippen MR) is 75.2 cm³/mol. The average Bonchev–Trinajstić information content (AvgIpc) is 2.83. The zero-order valence-electron chi connectivity index (χ0n) is 11.1. The lowest BCUT2D eigenvalue weighted by atomic mass is 10.0. The molecule has 1 aliphatic rings. The van der Waals surface area contributed by atoms with Crippen molar-refractivity contribution in [1.82, 2.24) is 14.8 Å². The zero-order chi connectivity index (χ0) is 13.8. The Hall–Kier alpha value is -1.18. The number of carbonyl (C=O) groups is 1. The minimum absolute atomic E-state index is 0.0301. The van der Waals surface area contributed by atoms with E-state index in [-0.39, 0.29) is 18.6 Å². The molecular formula is C12H20N4O2S. The Kier molecular flexibility index (Phi) is 4.73. The van der Waals surface area contributed by atoms with E-state index in [1.165, 1.54) is 11.3 Å². The molecule has 0 spiro atoms. The van der Waals surface area contributed by atoms with Crippen molar-refractivity contribution in [1.29, 1.82) is 0 Å². The van der Waals surface area contributed by atoms with Crippen LogP contribution in [0.15, 0.2) is 5.38 Å². The molecule has 1 aromatic rings. The van der Waals surface area contributed by atoms with Crippen LogP contribution >= 0.6 is 11.3 Å². The van der Waals surface area contributed by atoms with E-state index in [1.54, 1.807) is 10.3 Å². The molecule has 0 atom stereocenters. The lowest BCUT2D eigenvalue weighted by Crippen LogP contribution is -2.47. The van der Waals surface area contributed by atoms with Crippen molar-refractivity contribution in [2.24, 2.45) is 0 Å². The van der Waals surface area contributed by atoms with Crippen molar-refractivity contribution in [2.75, 3.05) is 39.0 Å². The van der Waals surface area contributed by atoms with Crippen LogP contribution in [0.2, 0.25) is 0 Å². The second-order valence-corrected chi connectivity index (χ2v) is 5.72. The Balaban J connectivity index is 2.08. The van der Waals surface area contributed by atoms with Gasteiger partial charge in [-0.1, -0.05) is 0 Å². The number of nitrogen functional groups attached to an aromatic ring is 1. The summed E-state index contributed by atoms with van der Waals surface area (Å²) in [6, 6.07) is 0.179. The summed E-state index contributed by atoms with van der Waals surface area (Å²) in [6.07, 6.45) is 1.86. The molecule has 106 valence electrons. The molecular weight excluding hydrogens is 264 g/mol. The van der Waals surface area contributed by atoms with Gasteiger partial charge in [0.2, 0.25) is 0 Å². The molecule has 0 aromatic carbocycles. The lowest BCUT2D eigenvalue weighted by molar-refractivity contribution is 0.0535. The molecule has 1 aromatic heterocycles. The second kappa shape index (κ2) is 6.31. The third kappa shape index (κ3) is 3.43. The molecule has 0 bridgehead atoms. The first kappa shape index (κ1) is 14.2. The first-order valence-electron chi connectivity index (χ1n) is 6.43. The molecule has 0 radical (unpaired) electrons. The van der Waals surface area contributed by atoms with Gasteiger partial charge >= 0.3 is 0 Å². The third-order valence-corrected chi connectivity index (χ3v) is 4.15. The van der Waals surface area contributed by atoms with Gasteiger partial charge in [0.25, 0.3) is 5.91 Å². The van der Waals surface area contributed by atoms with Crippen molar-refractivity contribution in [3.05, 3.63) is 11.1 Å². The highest BCUT2D eigenvalue weighted by Crippen LogP contribution is 2.19. The van der Waals surface area contributed by atoms with Crippen LogP contribution in [0.1, 0.15) is 23.3 Å². The average molecular weight is 284 g/mol.